The second-order valence-electron chi connectivity index (χ2n) is 8.88. The van der Waals surface area contributed by atoms with E-state index in [1.807, 2.05) is 17.1 Å². The number of fused-ring (bicyclic) bond motifs is 1. The SMILES string of the molecule is CC1(C)CCc2sc(-c3ccccc3CN(N)CC3CC3)c(C(=O)O)c2C1. The van der Waals surface area contributed by atoms with Crippen LogP contribution in [0.4, 0.5) is 0 Å². The number of carboxylic acids is 1. The van der Waals surface area contributed by atoms with Gasteiger partial charge >= 0.3 is 5.97 Å². The van der Waals surface area contributed by atoms with Crippen molar-refractivity contribution in [2.24, 2.45) is 17.2 Å². The first-order valence-corrected chi connectivity index (χ1v) is 10.6. The highest BCUT2D eigenvalue weighted by atomic mass is 32.1. The Morgan fingerprint density at radius 3 is 2.78 bits per heavy atom. The standard InChI is InChI=1S/C22H28N2O2S/c1-22(2)10-9-18-17(11-22)19(21(25)26)20(27-18)16-6-4-3-5-15(16)13-24(23)12-14-7-8-14/h3-6,14H,7-13,23H2,1-2H3,(H,25,26). The van der Waals surface area contributed by atoms with E-state index in [1.165, 1.54) is 17.7 Å². The van der Waals surface area contributed by atoms with Crippen molar-refractivity contribution >= 4 is 17.3 Å². The molecule has 4 nitrogen and oxygen atoms in total. The Balaban J connectivity index is 1.73. The highest BCUT2D eigenvalue weighted by Crippen LogP contribution is 2.45. The van der Waals surface area contributed by atoms with E-state index in [0.717, 1.165) is 53.3 Å². The number of rotatable bonds is 6. The van der Waals surface area contributed by atoms with Crippen LogP contribution in [0, 0.1) is 11.3 Å². The molecule has 5 heteroatoms. The Morgan fingerprint density at radius 1 is 1.33 bits per heavy atom. The molecule has 2 aliphatic rings. The Labute approximate surface area is 165 Å². The van der Waals surface area contributed by atoms with E-state index in [-0.39, 0.29) is 5.41 Å². The molecule has 0 aliphatic heterocycles. The first-order chi connectivity index (χ1) is 12.8. The third-order valence-corrected chi connectivity index (χ3v) is 7.14. The molecule has 4 rings (SSSR count). The maximum Gasteiger partial charge on any atom is 0.337 e. The van der Waals surface area contributed by atoms with Crippen molar-refractivity contribution in [3.05, 3.63) is 45.8 Å². The quantitative estimate of drug-likeness (QED) is 0.559. The normalized spacial score (nSPS) is 18.5. The molecule has 1 aromatic carbocycles. The van der Waals surface area contributed by atoms with Gasteiger partial charge in [-0.3, -0.25) is 5.84 Å². The number of nitrogens with zero attached hydrogens (tertiary/aromatic N) is 1. The molecule has 2 aliphatic carbocycles. The van der Waals surface area contributed by atoms with Crippen LogP contribution in [-0.4, -0.2) is 22.6 Å². The van der Waals surface area contributed by atoms with Crippen molar-refractivity contribution in [2.75, 3.05) is 6.54 Å². The van der Waals surface area contributed by atoms with Gasteiger partial charge in [0.25, 0.3) is 0 Å². The van der Waals surface area contributed by atoms with E-state index in [1.54, 1.807) is 11.3 Å². The first kappa shape index (κ1) is 18.7. The Hall–Kier alpha value is -1.69. The predicted molar refractivity (Wildman–Crippen MR) is 110 cm³/mol. The van der Waals surface area contributed by atoms with Crippen molar-refractivity contribution < 1.29 is 9.90 Å². The zero-order valence-electron chi connectivity index (χ0n) is 16.1. The number of nitrogens with two attached hydrogens (primary N) is 1. The van der Waals surface area contributed by atoms with Gasteiger partial charge in [0.1, 0.15) is 0 Å². The second-order valence-corrected chi connectivity index (χ2v) is 9.99. The van der Waals surface area contributed by atoms with Crippen LogP contribution in [0.3, 0.4) is 0 Å². The molecule has 0 saturated heterocycles. The summed E-state index contributed by atoms with van der Waals surface area (Å²) in [5.41, 5.74) is 3.87. The lowest BCUT2D eigenvalue weighted by molar-refractivity contribution is 0.0696. The molecule has 2 aromatic rings. The molecule has 144 valence electrons. The molecule has 0 spiro atoms. The monoisotopic (exact) mass is 384 g/mol. The third-order valence-electron chi connectivity index (χ3n) is 5.81. The summed E-state index contributed by atoms with van der Waals surface area (Å²) in [6, 6.07) is 8.14. The molecule has 3 N–H and O–H groups in total. The molecule has 0 unspecified atom stereocenters. The summed E-state index contributed by atoms with van der Waals surface area (Å²) in [5.74, 6) is 6.17. The largest absolute Gasteiger partial charge is 0.478 e. The average molecular weight is 385 g/mol. The van der Waals surface area contributed by atoms with Crippen LogP contribution in [-0.2, 0) is 19.4 Å². The molecule has 0 amide bonds. The summed E-state index contributed by atoms with van der Waals surface area (Å²) < 4.78 is 0. The molecule has 1 saturated carbocycles. The van der Waals surface area contributed by atoms with Crippen LogP contribution in [0.15, 0.2) is 24.3 Å². The highest BCUT2D eigenvalue weighted by Gasteiger charge is 2.33. The van der Waals surface area contributed by atoms with Gasteiger partial charge in [0.2, 0.25) is 0 Å². The molecule has 0 bridgehead atoms. The van der Waals surface area contributed by atoms with Gasteiger partial charge < -0.3 is 5.11 Å². The van der Waals surface area contributed by atoms with Crippen LogP contribution < -0.4 is 5.84 Å². The number of aryl methyl sites for hydroxylation is 1. The highest BCUT2D eigenvalue weighted by molar-refractivity contribution is 7.16. The number of hydrazine groups is 1. The van der Waals surface area contributed by atoms with E-state index in [4.69, 9.17) is 5.84 Å². The lowest BCUT2D eigenvalue weighted by Gasteiger charge is -2.29. The van der Waals surface area contributed by atoms with E-state index in [9.17, 15) is 9.90 Å². The van der Waals surface area contributed by atoms with Gasteiger partial charge in [-0.1, -0.05) is 38.1 Å². The predicted octanol–water partition coefficient (Wildman–Crippen LogP) is 4.71. The molecule has 1 heterocycles. The number of benzene rings is 1. The molecule has 27 heavy (non-hydrogen) atoms. The van der Waals surface area contributed by atoms with Crippen LogP contribution in [0.2, 0.25) is 0 Å². The average Bonchev–Trinajstić information content (AvgIpc) is 3.32. The zero-order valence-corrected chi connectivity index (χ0v) is 16.9. The van der Waals surface area contributed by atoms with E-state index >= 15 is 0 Å². The van der Waals surface area contributed by atoms with Gasteiger partial charge in [-0.15, -0.1) is 11.3 Å². The van der Waals surface area contributed by atoms with Gasteiger partial charge in [0, 0.05) is 22.8 Å². The molecule has 1 fully saturated rings. The summed E-state index contributed by atoms with van der Waals surface area (Å²) in [6.07, 6.45) is 5.46. The number of hydrogen-bond donors (Lipinski definition) is 2. The smallest absolute Gasteiger partial charge is 0.337 e. The lowest BCUT2D eigenvalue weighted by atomic mass is 9.76. The number of carbonyl (C=O) groups is 1. The minimum Gasteiger partial charge on any atom is -0.478 e. The minimum atomic E-state index is -0.808. The third kappa shape index (κ3) is 3.96. The van der Waals surface area contributed by atoms with Crippen LogP contribution in [0.25, 0.3) is 10.4 Å². The van der Waals surface area contributed by atoms with Gasteiger partial charge in [-0.25, -0.2) is 9.80 Å². The van der Waals surface area contributed by atoms with Crippen molar-refractivity contribution in [3.8, 4) is 10.4 Å². The van der Waals surface area contributed by atoms with E-state index in [2.05, 4.69) is 26.0 Å². The summed E-state index contributed by atoms with van der Waals surface area (Å²) >= 11 is 1.67. The van der Waals surface area contributed by atoms with Gasteiger partial charge in [-0.2, -0.15) is 0 Å². The second kappa shape index (κ2) is 7.04. The van der Waals surface area contributed by atoms with Gasteiger partial charge in [0.05, 0.1) is 5.56 Å². The maximum atomic E-state index is 12.2. The van der Waals surface area contributed by atoms with Gasteiger partial charge in [0.15, 0.2) is 0 Å². The van der Waals surface area contributed by atoms with Crippen molar-refractivity contribution in [3.63, 3.8) is 0 Å². The van der Waals surface area contributed by atoms with Crippen molar-refractivity contribution in [1.82, 2.24) is 5.01 Å². The van der Waals surface area contributed by atoms with E-state index in [0.29, 0.717) is 12.1 Å². The maximum absolute atomic E-state index is 12.2. The number of hydrogen-bond acceptors (Lipinski definition) is 4. The fourth-order valence-corrected chi connectivity index (χ4v) is 5.50. The summed E-state index contributed by atoms with van der Waals surface area (Å²) in [6.45, 7) is 6.03. The zero-order chi connectivity index (χ0) is 19.2. The van der Waals surface area contributed by atoms with Crippen LogP contribution in [0.1, 0.15) is 59.5 Å². The Bertz CT molecular complexity index is 867. The summed E-state index contributed by atoms with van der Waals surface area (Å²) in [5, 5.41) is 11.9. The fourth-order valence-electron chi connectivity index (χ4n) is 4.13. The van der Waals surface area contributed by atoms with Crippen molar-refractivity contribution in [1.29, 1.82) is 0 Å². The number of carboxylic acid groups (broad SMARTS) is 1. The molecular weight excluding hydrogens is 356 g/mol. The topological polar surface area (TPSA) is 66.6 Å². The molecular formula is C22H28N2O2S. The lowest BCUT2D eigenvalue weighted by Crippen LogP contribution is -2.32. The first-order valence-electron chi connectivity index (χ1n) is 9.80. The Morgan fingerprint density at radius 2 is 2.07 bits per heavy atom. The Kier molecular flexibility index (Phi) is 4.87. The fraction of sp³-hybridized carbons (Fsp3) is 0.500. The summed E-state index contributed by atoms with van der Waals surface area (Å²) in [7, 11) is 0. The number of thiophene rings is 1. The summed E-state index contributed by atoms with van der Waals surface area (Å²) in [4.78, 5) is 14.4. The minimum absolute atomic E-state index is 0.160. The molecule has 0 atom stereocenters. The van der Waals surface area contributed by atoms with Gasteiger partial charge in [-0.05, 0) is 60.1 Å². The number of aromatic carboxylic acids is 1. The van der Waals surface area contributed by atoms with E-state index < -0.39 is 5.97 Å². The van der Waals surface area contributed by atoms with Crippen LogP contribution >= 0.6 is 11.3 Å². The molecule has 1 aromatic heterocycles. The van der Waals surface area contributed by atoms with Crippen LogP contribution in [0.5, 0.6) is 0 Å². The van der Waals surface area contributed by atoms with Crippen molar-refractivity contribution in [2.45, 2.75) is 52.5 Å². The molecule has 0 radical (unpaired) electrons.